The van der Waals surface area contributed by atoms with Gasteiger partial charge in [-0.1, -0.05) is 6.07 Å². The summed E-state index contributed by atoms with van der Waals surface area (Å²) in [5.74, 6) is 1.52. The van der Waals surface area contributed by atoms with Gasteiger partial charge in [0.1, 0.15) is 29.8 Å². The van der Waals surface area contributed by atoms with Crippen molar-refractivity contribution in [3.05, 3.63) is 71.8 Å². The lowest BCUT2D eigenvalue weighted by Gasteiger charge is -2.14. The fourth-order valence-corrected chi connectivity index (χ4v) is 4.33. The number of nitrogens with one attached hydrogen (secondary N) is 1. The van der Waals surface area contributed by atoms with Crippen LogP contribution in [0.4, 0.5) is 10.2 Å². The van der Waals surface area contributed by atoms with Gasteiger partial charge in [-0.25, -0.2) is 19.3 Å². The Morgan fingerprint density at radius 3 is 2.97 bits per heavy atom. The van der Waals surface area contributed by atoms with E-state index in [1.165, 1.54) is 12.4 Å². The van der Waals surface area contributed by atoms with Crippen LogP contribution in [0.2, 0.25) is 0 Å². The quantitative estimate of drug-likeness (QED) is 0.549. The number of aromatic nitrogens is 4. The summed E-state index contributed by atoms with van der Waals surface area (Å²) in [5.41, 5.74) is 5.20. The van der Waals surface area contributed by atoms with E-state index in [1.807, 2.05) is 19.1 Å². The van der Waals surface area contributed by atoms with Gasteiger partial charge in [0.2, 0.25) is 0 Å². The molecule has 0 bridgehead atoms. The minimum absolute atomic E-state index is 0.218. The van der Waals surface area contributed by atoms with E-state index >= 15 is 0 Å². The molecule has 1 aliphatic carbocycles. The molecule has 1 fully saturated rings. The smallest absolute Gasteiger partial charge is 0.137 e. The first-order valence-corrected chi connectivity index (χ1v) is 9.93. The van der Waals surface area contributed by atoms with Crippen LogP contribution in [0.5, 0.6) is 5.75 Å². The average molecular weight is 399 g/mol. The molecule has 2 aliphatic rings. The third-order valence-electron chi connectivity index (χ3n) is 5.92. The Kier molecular flexibility index (Phi) is 3.71. The van der Waals surface area contributed by atoms with Crippen LogP contribution in [0.3, 0.4) is 0 Å². The summed E-state index contributed by atoms with van der Waals surface area (Å²) in [6, 6.07) is 7.10. The van der Waals surface area contributed by atoms with Crippen LogP contribution < -0.4 is 10.1 Å². The molecule has 6 rings (SSSR count). The Hall–Kier alpha value is -3.61. The minimum atomic E-state index is -0.222. The van der Waals surface area contributed by atoms with Crippen molar-refractivity contribution in [1.29, 1.82) is 0 Å². The highest BCUT2D eigenvalue weighted by Gasteiger charge is 2.49. The Labute approximate surface area is 172 Å². The highest BCUT2D eigenvalue weighted by Crippen LogP contribution is 2.55. The fourth-order valence-electron chi connectivity index (χ4n) is 4.33. The number of aryl methyl sites for hydroxylation is 1. The molecule has 6 nitrogen and oxygen atoms in total. The van der Waals surface area contributed by atoms with Gasteiger partial charge < -0.3 is 10.1 Å². The van der Waals surface area contributed by atoms with Crippen molar-refractivity contribution >= 4 is 16.7 Å². The molecule has 3 aromatic heterocycles. The molecule has 0 amide bonds. The molecule has 7 heteroatoms. The number of hydrogen-bond acceptors (Lipinski definition) is 6. The van der Waals surface area contributed by atoms with Gasteiger partial charge in [-0.2, -0.15) is 0 Å². The van der Waals surface area contributed by atoms with Gasteiger partial charge in [0.05, 0.1) is 10.9 Å². The minimum Gasteiger partial charge on any atom is -0.489 e. The van der Waals surface area contributed by atoms with Gasteiger partial charge in [-0.15, -0.1) is 0 Å². The predicted molar refractivity (Wildman–Crippen MR) is 111 cm³/mol. The van der Waals surface area contributed by atoms with Crippen molar-refractivity contribution < 1.29 is 9.13 Å². The van der Waals surface area contributed by atoms with Gasteiger partial charge in [0, 0.05) is 59.0 Å². The van der Waals surface area contributed by atoms with E-state index in [4.69, 9.17) is 4.74 Å². The van der Waals surface area contributed by atoms with E-state index in [1.54, 1.807) is 24.7 Å². The lowest BCUT2D eigenvalue weighted by Crippen LogP contribution is -2.07. The molecular formula is C23H18FN5O. The zero-order valence-corrected chi connectivity index (χ0v) is 16.3. The number of fused-ring (bicyclic) bond motifs is 4. The second kappa shape index (κ2) is 6.45. The van der Waals surface area contributed by atoms with E-state index in [0.29, 0.717) is 23.8 Å². The molecule has 0 unspecified atom stereocenters. The third-order valence-corrected chi connectivity index (χ3v) is 5.92. The third kappa shape index (κ3) is 2.62. The predicted octanol–water partition coefficient (Wildman–Crippen LogP) is 4.39. The van der Waals surface area contributed by atoms with Crippen molar-refractivity contribution in [3.63, 3.8) is 0 Å². The van der Waals surface area contributed by atoms with Gasteiger partial charge in [0.15, 0.2) is 0 Å². The molecule has 1 aliphatic heterocycles. The Morgan fingerprint density at radius 2 is 2.07 bits per heavy atom. The normalized spacial score (nSPS) is 18.6. The van der Waals surface area contributed by atoms with Crippen LogP contribution in [0.1, 0.15) is 29.2 Å². The second-order valence-electron chi connectivity index (χ2n) is 7.73. The summed E-state index contributed by atoms with van der Waals surface area (Å²) < 4.78 is 20.5. The van der Waals surface area contributed by atoms with Crippen LogP contribution in [0, 0.1) is 12.7 Å². The summed E-state index contributed by atoms with van der Waals surface area (Å²) >= 11 is 0. The van der Waals surface area contributed by atoms with Gasteiger partial charge in [0.25, 0.3) is 0 Å². The van der Waals surface area contributed by atoms with Crippen LogP contribution in [0.15, 0.2) is 49.2 Å². The number of nitrogens with zero attached hydrogens (tertiary/aromatic N) is 4. The summed E-state index contributed by atoms with van der Waals surface area (Å²) in [7, 11) is 0. The van der Waals surface area contributed by atoms with Gasteiger partial charge in [-0.05, 0) is 31.5 Å². The summed E-state index contributed by atoms with van der Waals surface area (Å²) in [4.78, 5) is 17.7. The fraction of sp³-hybridized carbons (Fsp3) is 0.217. The summed E-state index contributed by atoms with van der Waals surface area (Å²) in [5, 5.41) is 4.09. The molecule has 4 aromatic rings. The molecule has 0 radical (unpaired) electrons. The molecule has 1 saturated carbocycles. The maximum Gasteiger partial charge on any atom is 0.137 e. The molecule has 0 saturated heterocycles. The molecule has 2 atom stereocenters. The van der Waals surface area contributed by atoms with E-state index in [2.05, 4.69) is 25.3 Å². The first kappa shape index (κ1) is 17.3. The number of pyridine rings is 2. The number of hydrogen-bond donors (Lipinski definition) is 1. The number of rotatable bonds is 4. The van der Waals surface area contributed by atoms with Gasteiger partial charge >= 0.3 is 0 Å². The topological polar surface area (TPSA) is 72.8 Å². The zero-order valence-electron chi connectivity index (χ0n) is 16.3. The number of ether oxygens (including phenoxy) is 1. The summed E-state index contributed by atoms with van der Waals surface area (Å²) in [6.45, 7) is 2.28. The molecule has 1 N–H and O–H groups in total. The molecule has 4 heterocycles. The van der Waals surface area contributed by atoms with Crippen LogP contribution >= 0.6 is 0 Å². The maximum absolute atomic E-state index is 14.6. The van der Waals surface area contributed by atoms with Crippen LogP contribution in [-0.4, -0.2) is 26.0 Å². The van der Waals surface area contributed by atoms with Crippen molar-refractivity contribution in [2.45, 2.75) is 31.9 Å². The first-order chi connectivity index (χ1) is 14.7. The molecular weight excluding hydrogens is 381 g/mol. The lowest BCUT2D eigenvalue weighted by atomic mass is 10.0. The van der Waals surface area contributed by atoms with Crippen molar-refractivity contribution in [1.82, 2.24) is 19.9 Å². The largest absolute Gasteiger partial charge is 0.489 e. The van der Waals surface area contributed by atoms with E-state index in [0.717, 1.165) is 45.5 Å². The van der Waals surface area contributed by atoms with Crippen molar-refractivity contribution in [2.75, 3.05) is 5.32 Å². The highest BCUT2D eigenvalue weighted by atomic mass is 19.1. The molecule has 30 heavy (non-hydrogen) atoms. The van der Waals surface area contributed by atoms with E-state index < -0.39 is 0 Å². The van der Waals surface area contributed by atoms with Crippen LogP contribution in [0.25, 0.3) is 22.0 Å². The van der Waals surface area contributed by atoms with Crippen LogP contribution in [-0.2, 0) is 6.54 Å². The number of benzene rings is 1. The number of anilines is 1. The zero-order chi connectivity index (χ0) is 20.2. The molecule has 148 valence electrons. The van der Waals surface area contributed by atoms with Crippen molar-refractivity contribution in [3.8, 4) is 16.9 Å². The summed E-state index contributed by atoms with van der Waals surface area (Å²) in [6.07, 6.45) is 8.00. The van der Waals surface area contributed by atoms with Gasteiger partial charge in [-0.3, -0.25) is 4.98 Å². The van der Waals surface area contributed by atoms with Crippen molar-refractivity contribution in [2.24, 2.45) is 0 Å². The Balaban J connectivity index is 1.39. The first-order valence-electron chi connectivity index (χ1n) is 9.93. The monoisotopic (exact) mass is 399 g/mol. The maximum atomic E-state index is 14.6. The standard InChI is InChI=1S/C23H18FN5O/c1-12-13(3-2-6-26-12)15-9-27-23(17-8-25-11-29-22(15)17)28-10-16-18(24)4-5-19-21(16)14-7-20(14)30-19/h2-6,8-9,11,14,20H,7,10H2,1H3,(H,27,28)/t14-,20+/m1/s1. The second-order valence-corrected chi connectivity index (χ2v) is 7.73. The number of halogens is 1. The van der Waals surface area contributed by atoms with E-state index in [-0.39, 0.29) is 11.9 Å². The Bertz CT molecular complexity index is 1310. The Morgan fingerprint density at radius 1 is 1.13 bits per heavy atom. The SMILES string of the molecule is Cc1ncccc1-c1cnc(NCc2c(F)ccc3c2[C@@H]2C[C@@H]2O3)c2cncnc12. The highest BCUT2D eigenvalue weighted by molar-refractivity contribution is 5.98. The average Bonchev–Trinajstić information content (AvgIpc) is 3.44. The lowest BCUT2D eigenvalue weighted by molar-refractivity contribution is 0.318. The van der Waals surface area contributed by atoms with E-state index in [9.17, 15) is 4.39 Å². The molecule has 0 spiro atoms. The molecule has 1 aromatic carbocycles.